The molecule has 1 fully saturated rings. The summed E-state index contributed by atoms with van der Waals surface area (Å²) < 4.78 is 5.69. The lowest BCUT2D eigenvalue weighted by Gasteiger charge is -2.42. The number of halogens is 1. The number of benzene rings is 1. The maximum absolute atomic E-state index is 13.6. The monoisotopic (exact) mass is 583 g/mol. The average Bonchev–Trinajstić information content (AvgIpc) is 3.12. The van der Waals surface area contributed by atoms with Crippen LogP contribution in [0.3, 0.4) is 0 Å². The number of carboxylic acids is 1. The fraction of sp³-hybridized carbons (Fsp3) is 0.393. The van der Waals surface area contributed by atoms with E-state index in [2.05, 4.69) is 15.9 Å². The molecule has 0 aromatic heterocycles. The van der Waals surface area contributed by atoms with Crippen molar-refractivity contribution in [3.63, 3.8) is 0 Å². The fourth-order valence-corrected chi connectivity index (χ4v) is 6.79. The molecular formula is C28H26BrNO8. The first-order valence-corrected chi connectivity index (χ1v) is 13.2. The van der Waals surface area contributed by atoms with E-state index in [0.29, 0.717) is 33.2 Å². The number of aliphatic carboxylic acids is 1. The third kappa shape index (κ3) is 4.02. The number of imide groups is 1. The Morgan fingerprint density at radius 1 is 1.16 bits per heavy atom. The highest BCUT2D eigenvalue weighted by molar-refractivity contribution is 9.10. The van der Waals surface area contributed by atoms with Gasteiger partial charge >= 0.3 is 5.97 Å². The fourth-order valence-electron chi connectivity index (χ4n) is 6.33. The molecule has 0 saturated carbocycles. The second-order valence-corrected chi connectivity index (χ2v) is 11.0. The van der Waals surface area contributed by atoms with Crippen molar-refractivity contribution in [1.29, 1.82) is 0 Å². The first-order chi connectivity index (χ1) is 18.0. The van der Waals surface area contributed by atoms with E-state index in [-0.39, 0.29) is 60.7 Å². The van der Waals surface area contributed by atoms with Gasteiger partial charge in [-0.3, -0.25) is 28.9 Å². The number of phenols is 1. The largest absolute Gasteiger partial charge is 0.503 e. The lowest BCUT2D eigenvalue weighted by atomic mass is 9.59. The molecule has 198 valence electrons. The molecule has 0 spiro atoms. The third-order valence-corrected chi connectivity index (χ3v) is 8.64. The molecule has 1 aromatic carbocycles. The number of amides is 2. The zero-order valence-electron chi connectivity index (χ0n) is 20.8. The second kappa shape index (κ2) is 9.65. The zero-order valence-corrected chi connectivity index (χ0v) is 22.4. The van der Waals surface area contributed by atoms with Gasteiger partial charge in [0.2, 0.25) is 11.8 Å². The van der Waals surface area contributed by atoms with Gasteiger partial charge in [-0.15, -0.1) is 0 Å². The standard InChI is InChI=1S/C28H26BrNO8/c1-12-8-19(31)17-11-16-14(5-6-15-23(16)28(37)30(27(15)36)7-3-4-21(32)33)22(24(17)25(12)34)13-9-18(29)26(35)20(10-13)38-2/h5,8-10,15-16,22-23,35H,3-4,6-7,11H2,1-2H3,(H,32,33). The van der Waals surface area contributed by atoms with Crippen molar-refractivity contribution >= 4 is 45.3 Å². The number of rotatable bonds is 6. The van der Waals surface area contributed by atoms with Crippen molar-refractivity contribution in [2.24, 2.45) is 17.8 Å². The molecule has 2 N–H and O–H groups in total. The van der Waals surface area contributed by atoms with Gasteiger partial charge in [-0.25, -0.2) is 0 Å². The Labute approximate surface area is 227 Å². The summed E-state index contributed by atoms with van der Waals surface area (Å²) in [4.78, 5) is 65.5. The van der Waals surface area contributed by atoms with Gasteiger partial charge in [0.25, 0.3) is 0 Å². The molecule has 4 unspecified atom stereocenters. The number of fused-ring (bicyclic) bond motifs is 3. The molecule has 1 heterocycles. The Kier molecular flexibility index (Phi) is 6.63. The maximum Gasteiger partial charge on any atom is 0.303 e. The molecule has 38 heavy (non-hydrogen) atoms. The number of phenolic OH excluding ortho intramolecular Hbond substituents is 1. The summed E-state index contributed by atoms with van der Waals surface area (Å²) in [6.07, 6.45) is 3.69. The molecule has 4 aliphatic rings. The van der Waals surface area contributed by atoms with Crippen LogP contribution >= 0.6 is 15.9 Å². The number of hydrogen-bond donors (Lipinski definition) is 2. The molecule has 3 aliphatic carbocycles. The van der Waals surface area contributed by atoms with Crippen LogP contribution in [-0.2, 0) is 24.0 Å². The van der Waals surface area contributed by atoms with Gasteiger partial charge in [0.05, 0.1) is 23.4 Å². The van der Waals surface area contributed by atoms with Crippen LogP contribution in [-0.4, -0.2) is 58.1 Å². The van der Waals surface area contributed by atoms with Gasteiger partial charge in [-0.2, -0.15) is 0 Å². The van der Waals surface area contributed by atoms with Gasteiger partial charge in [0.1, 0.15) is 0 Å². The Hall–Kier alpha value is -3.53. The van der Waals surface area contributed by atoms with Crippen LogP contribution in [0.15, 0.2) is 51.0 Å². The summed E-state index contributed by atoms with van der Waals surface area (Å²) in [5, 5.41) is 19.4. The predicted octanol–water partition coefficient (Wildman–Crippen LogP) is 3.46. The first-order valence-electron chi connectivity index (χ1n) is 12.4. The molecule has 1 aromatic rings. The van der Waals surface area contributed by atoms with Crippen LogP contribution in [0.25, 0.3) is 0 Å². The van der Waals surface area contributed by atoms with Crippen LogP contribution in [0.1, 0.15) is 44.1 Å². The molecule has 5 rings (SSSR count). The highest BCUT2D eigenvalue weighted by Crippen LogP contribution is 2.56. The van der Waals surface area contributed by atoms with Crippen LogP contribution in [0.2, 0.25) is 0 Å². The number of nitrogens with zero attached hydrogens (tertiary/aromatic N) is 1. The first kappa shape index (κ1) is 26.1. The van der Waals surface area contributed by atoms with Crippen molar-refractivity contribution in [2.45, 2.75) is 38.5 Å². The van der Waals surface area contributed by atoms with Crippen LogP contribution < -0.4 is 4.74 Å². The van der Waals surface area contributed by atoms with E-state index < -0.39 is 29.6 Å². The Balaban J connectivity index is 1.61. The second-order valence-electron chi connectivity index (χ2n) is 10.1. The smallest absolute Gasteiger partial charge is 0.303 e. The Bertz CT molecular complexity index is 1400. The zero-order chi connectivity index (χ0) is 27.5. The lowest BCUT2D eigenvalue weighted by Crippen LogP contribution is -2.40. The maximum atomic E-state index is 13.6. The number of methoxy groups -OCH3 is 1. The average molecular weight is 584 g/mol. The molecule has 10 heteroatoms. The van der Waals surface area contributed by atoms with Crippen molar-refractivity contribution in [1.82, 2.24) is 4.90 Å². The number of ketones is 2. The molecule has 0 bridgehead atoms. The number of carboxylic acid groups (broad SMARTS) is 1. The topological polar surface area (TPSA) is 138 Å². The summed E-state index contributed by atoms with van der Waals surface area (Å²) in [6.45, 7) is 1.62. The van der Waals surface area contributed by atoms with Gasteiger partial charge in [-0.1, -0.05) is 11.6 Å². The van der Waals surface area contributed by atoms with Crippen LogP contribution in [0, 0.1) is 17.8 Å². The molecule has 4 atom stereocenters. The van der Waals surface area contributed by atoms with E-state index in [1.165, 1.54) is 13.2 Å². The van der Waals surface area contributed by atoms with Gasteiger partial charge in [-0.05, 0) is 71.8 Å². The Morgan fingerprint density at radius 3 is 2.58 bits per heavy atom. The highest BCUT2D eigenvalue weighted by atomic mass is 79.9. The summed E-state index contributed by atoms with van der Waals surface area (Å²) in [7, 11) is 1.41. The minimum absolute atomic E-state index is 0.0256. The van der Waals surface area contributed by atoms with Crippen molar-refractivity contribution in [3.8, 4) is 11.5 Å². The van der Waals surface area contributed by atoms with Gasteiger partial charge in [0.15, 0.2) is 23.1 Å². The van der Waals surface area contributed by atoms with E-state index in [9.17, 15) is 29.1 Å². The quantitative estimate of drug-likeness (QED) is 0.295. The predicted molar refractivity (Wildman–Crippen MR) is 137 cm³/mol. The lowest BCUT2D eigenvalue weighted by molar-refractivity contribution is -0.142. The number of carbonyl (C=O) groups is 5. The van der Waals surface area contributed by atoms with E-state index in [1.54, 1.807) is 19.1 Å². The number of aromatic hydroxyl groups is 1. The summed E-state index contributed by atoms with van der Waals surface area (Å²) in [5.41, 5.74) is 2.41. The van der Waals surface area contributed by atoms with Crippen LogP contribution in [0.5, 0.6) is 11.5 Å². The van der Waals surface area contributed by atoms with E-state index in [1.807, 2.05) is 6.08 Å². The SMILES string of the molecule is COc1cc(C2C3=CCC4C(=O)N(CCCC(=O)O)C(=O)C4C3CC3=C2C(=O)C(C)=CC3=O)cc(Br)c1O. The molecule has 0 radical (unpaired) electrons. The Morgan fingerprint density at radius 2 is 1.89 bits per heavy atom. The molecule has 1 aliphatic heterocycles. The van der Waals surface area contributed by atoms with Crippen molar-refractivity contribution in [3.05, 3.63) is 56.6 Å². The minimum Gasteiger partial charge on any atom is -0.503 e. The normalized spacial score (nSPS) is 26.6. The number of allylic oxidation sites excluding steroid dienone is 6. The number of likely N-dealkylation sites (tertiary alicyclic amines) is 1. The molecular weight excluding hydrogens is 558 g/mol. The number of hydrogen-bond acceptors (Lipinski definition) is 7. The minimum atomic E-state index is -1.00. The van der Waals surface area contributed by atoms with Crippen molar-refractivity contribution in [2.75, 3.05) is 13.7 Å². The number of carbonyl (C=O) groups excluding carboxylic acids is 4. The van der Waals surface area contributed by atoms with Crippen molar-refractivity contribution < 1.29 is 38.9 Å². The highest BCUT2D eigenvalue weighted by Gasteiger charge is 2.56. The van der Waals surface area contributed by atoms with E-state index >= 15 is 0 Å². The summed E-state index contributed by atoms with van der Waals surface area (Å²) >= 11 is 3.35. The summed E-state index contributed by atoms with van der Waals surface area (Å²) in [5.74, 6) is -4.61. The van der Waals surface area contributed by atoms with E-state index in [4.69, 9.17) is 9.84 Å². The number of Topliss-reactive ketones (excluding diaryl/α,β-unsaturated/α-hetero) is 1. The van der Waals surface area contributed by atoms with Gasteiger partial charge < -0.3 is 14.9 Å². The third-order valence-electron chi connectivity index (χ3n) is 8.03. The molecule has 9 nitrogen and oxygen atoms in total. The van der Waals surface area contributed by atoms with Crippen LogP contribution in [0.4, 0.5) is 0 Å². The molecule has 1 saturated heterocycles. The summed E-state index contributed by atoms with van der Waals surface area (Å²) in [6, 6.07) is 3.30. The van der Waals surface area contributed by atoms with Gasteiger partial charge in [0, 0.05) is 35.6 Å². The number of ether oxygens (including phenoxy) is 1. The molecule has 2 amide bonds. The van der Waals surface area contributed by atoms with E-state index in [0.717, 1.165) is 10.5 Å².